The van der Waals surface area contributed by atoms with Crippen molar-refractivity contribution in [2.75, 3.05) is 0 Å². The standard InChI is InChI=1S/C15H27N3O2/c16-14(18-20)15(10-6-3-7-11-15)17-13(19)12-8-4-1-2-5-9-12/h12,20H,1-11H2,(H2,16,18)(H,17,19). The molecule has 0 aliphatic heterocycles. The predicted octanol–water partition coefficient (Wildman–Crippen LogP) is 2.52. The highest BCUT2D eigenvalue weighted by molar-refractivity contribution is 5.94. The number of carbonyl (C=O) groups is 1. The summed E-state index contributed by atoms with van der Waals surface area (Å²) in [6.07, 6.45) is 11.4. The first kappa shape index (κ1) is 15.1. The lowest BCUT2D eigenvalue weighted by Crippen LogP contribution is -2.59. The van der Waals surface area contributed by atoms with Gasteiger partial charge in [-0.15, -0.1) is 0 Å². The summed E-state index contributed by atoms with van der Waals surface area (Å²) < 4.78 is 0. The number of nitrogens with zero attached hydrogens (tertiary/aromatic N) is 1. The highest BCUT2D eigenvalue weighted by atomic mass is 16.4. The molecule has 0 bridgehead atoms. The minimum Gasteiger partial charge on any atom is -0.409 e. The van der Waals surface area contributed by atoms with Gasteiger partial charge >= 0.3 is 0 Å². The Balaban J connectivity index is 2.04. The van der Waals surface area contributed by atoms with E-state index in [1.165, 1.54) is 12.8 Å². The van der Waals surface area contributed by atoms with E-state index in [4.69, 9.17) is 10.9 Å². The third-order valence-electron chi connectivity index (χ3n) is 4.89. The molecular formula is C15H27N3O2. The monoisotopic (exact) mass is 281 g/mol. The molecule has 2 rings (SSSR count). The summed E-state index contributed by atoms with van der Waals surface area (Å²) in [5.74, 6) is 0.363. The van der Waals surface area contributed by atoms with Gasteiger partial charge in [0.05, 0.1) is 0 Å². The van der Waals surface area contributed by atoms with Gasteiger partial charge in [0.2, 0.25) is 5.91 Å². The molecule has 0 unspecified atom stereocenters. The van der Waals surface area contributed by atoms with Crippen molar-refractivity contribution >= 4 is 11.7 Å². The molecule has 1 amide bonds. The van der Waals surface area contributed by atoms with E-state index in [9.17, 15) is 4.79 Å². The highest BCUT2D eigenvalue weighted by Crippen LogP contribution is 2.30. The molecule has 2 saturated carbocycles. The Morgan fingerprint density at radius 2 is 1.60 bits per heavy atom. The van der Waals surface area contributed by atoms with E-state index in [0.717, 1.165) is 57.8 Å². The summed E-state index contributed by atoms with van der Waals surface area (Å²) in [5, 5.41) is 15.3. The number of nitrogens with two attached hydrogens (primary N) is 1. The Hall–Kier alpha value is -1.26. The lowest BCUT2D eigenvalue weighted by atomic mass is 9.80. The van der Waals surface area contributed by atoms with E-state index in [0.29, 0.717) is 0 Å². The molecule has 2 aliphatic carbocycles. The van der Waals surface area contributed by atoms with Crippen molar-refractivity contribution in [3.63, 3.8) is 0 Å². The van der Waals surface area contributed by atoms with Gasteiger partial charge in [0, 0.05) is 5.92 Å². The first-order valence-electron chi connectivity index (χ1n) is 7.98. The Kier molecular flexibility index (Phi) is 5.26. The van der Waals surface area contributed by atoms with Gasteiger partial charge in [-0.25, -0.2) is 0 Å². The maximum atomic E-state index is 12.5. The number of hydrogen-bond donors (Lipinski definition) is 3. The van der Waals surface area contributed by atoms with Crippen molar-refractivity contribution in [1.29, 1.82) is 0 Å². The quantitative estimate of drug-likeness (QED) is 0.244. The Morgan fingerprint density at radius 3 is 2.15 bits per heavy atom. The van der Waals surface area contributed by atoms with E-state index in [1.54, 1.807) is 0 Å². The lowest BCUT2D eigenvalue weighted by Gasteiger charge is -2.37. The van der Waals surface area contributed by atoms with Crippen LogP contribution >= 0.6 is 0 Å². The van der Waals surface area contributed by atoms with Crippen LogP contribution in [0.3, 0.4) is 0 Å². The van der Waals surface area contributed by atoms with Gasteiger partial charge in [-0.3, -0.25) is 4.79 Å². The molecule has 2 aliphatic rings. The number of nitrogens with one attached hydrogen (secondary N) is 1. The van der Waals surface area contributed by atoms with Gasteiger partial charge in [0.1, 0.15) is 5.54 Å². The van der Waals surface area contributed by atoms with Crippen LogP contribution in [0.2, 0.25) is 0 Å². The van der Waals surface area contributed by atoms with E-state index in [1.807, 2.05) is 0 Å². The van der Waals surface area contributed by atoms with Gasteiger partial charge in [-0.05, 0) is 25.7 Å². The smallest absolute Gasteiger partial charge is 0.223 e. The van der Waals surface area contributed by atoms with Crippen LogP contribution in [0.15, 0.2) is 5.16 Å². The van der Waals surface area contributed by atoms with Crippen LogP contribution < -0.4 is 11.1 Å². The van der Waals surface area contributed by atoms with E-state index >= 15 is 0 Å². The fraction of sp³-hybridized carbons (Fsp3) is 0.867. The van der Waals surface area contributed by atoms with Crippen molar-refractivity contribution < 1.29 is 10.0 Å². The molecule has 0 aromatic rings. The molecule has 20 heavy (non-hydrogen) atoms. The number of amides is 1. The average molecular weight is 281 g/mol. The van der Waals surface area contributed by atoms with Crippen molar-refractivity contribution in [1.82, 2.24) is 5.32 Å². The van der Waals surface area contributed by atoms with Crippen LogP contribution in [0.1, 0.15) is 70.6 Å². The summed E-state index contributed by atoms with van der Waals surface area (Å²) in [6.45, 7) is 0. The summed E-state index contributed by atoms with van der Waals surface area (Å²) in [4.78, 5) is 12.5. The third-order valence-corrected chi connectivity index (χ3v) is 4.89. The number of oxime groups is 1. The molecule has 0 radical (unpaired) electrons. The van der Waals surface area contributed by atoms with Crippen molar-refractivity contribution in [3.8, 4) is 0 Å². The normalized spacial score (nSPS) is 24.9. The molecule has 0 saturated heterocycles. The number of rotatable bonds is 3. The van der Waals surface area contributed by atoms with Crippen LogP contribution in [0.5, 0.6) is 0 Å². The van der Waals surface area contributed by atoms with Crippen LogP contribution in [0.25, 0.3) is 0 Å². The lowest BCUT2D eigenvalue weighted by molar-refractivity contribution is -0.127. The molecule has 114 valence electrons. The first-order valence-corrected chi connectivity index (χ1v) is 7.98. The first-order chi connectivity index (χ1) is 9.68. The summed E-state index contributed by atoms with van der Waals surface area (Å²) in [6, 6.07) is 0. The second kappa shape index (κ2) is 6.95. The minimum atomic E-state index is -0.615. The van der Waals surface area contributed by atoms with Crippen LogP contribution in [-0.4, -0.2) is 22.5 Å². The van der Waals surface area contributed by atoms with E-state index in [-0.39, 0.29) is 17.7 Å². The number of hydrogen-bond acceptors (Lipinski definition) is 3. The summed E-state index contributed by atoms with van der Waals surface area (Å²) >= 11 is 0. The Morgan fingerprint density at radius 1 is 1.05 bits per heavy atom. The highest BCUT2D eigenvalue weighted by Gasteiger charge is 2.39. The molecule has 0 spiro atoms. The largest absolute Gasteiger partial charge is 0.409 e. The maximum absolute atomic E-state index is 12.5. The molecule has 0 atom stereocenters. The average Bonchev–Trinajstić information content (AvgIpc) is 2.76. The third kappa shape index (κ3) is 3.44. The molecule has 5 heteroatoms. The predicted molar refractivity (Wildman–Crippen MR) is 78.6 cm³/mol. The molecule has 2 fully saturated rings. The molecule has 0 heterocycles. The minimum absolute atomic E-state index is 0.0976. The van der Waals surface area contributed by atoms with Crippen molar-refractivity contribution in [2.24, 2.45) is 16.8 Å². The number of amidine groups is 1. The fourth-order valence-corrected chi connectivity index (χ4v) is 3.58. The molecule has 0 aromatic heterocycles. The zero-order valence-electron chi connectivity index (χ0n) is 12.2. The summed E-state index contributed by atoms with van der Waals surface area (Å²) in [5.41, 5.74) is 5.26. The van der Waals surface area contributed by atoms with Crippen LogP contribution in [0, 0.1) is 5.92 Å². The van der Waals surface area contributed by atoms with Crippen LogP contribution in [0.4, 0.5) is 0 Å². The molecule has 4 N–H and O–H groups in total. The topological polar surface area (TPSA) is 87.7 Å². The zero-order chi connectivity index (χ0) is 14.4. The van der Waals surface area contributed by atoms with E-state index < -0.39 is 5.54 Å². The van der Waals surface area contributed by atoms with E-state index in [2.05, 4.69) is 10.5 Å². The molecular weight excluding hydrogens is 254 g/mol. The summed E-state index contributed by atoms with van der Waals surface area (Å²) in [7, 11) is 0. The second-order valence-corrected chi connectivity index (χ2v) is 6.31. The van der Waals surface area contributed by atoms with Gasteiger partial charge in [-0.1, -0.05) is 50.1 Å². The second-order valence-electron chi connectivity index (χ2n) is 6.31. The van der Waals surface area contributed by atoms with Crippen molar-refractivity contribution in [2.45, 2.75) is 76.2 Å². The van der Waals surface area contributed by atoms with Gasteiger partial charge in [0.25, 0.3) is 0 Å². The van der Waals surface area contributed by atoms with Gasteiger partial charge < -0.3 is 16.3 Å². The maximum Gasteiger partial charge on any atom is 0.223 e. The van der Waals surface area contributed by atoms with Crippen LogP contribution in [-0.2, 0) is 4.79 Å². The van der Waals surface area contributed by atoms with Gasteiger partial charge in [-0.2, -0.15) is 0 Å². The molecule has 5 nitrogen and oxygen atoms in total. The van der Waals surface area contributed by atoms with Gasteiger partial charge in [0.15, 0.2) is 5.84 Å². The number of carbonyl (C=O) groups excluding carboxylic acids is 1. The Labute approximate surface area is 121 Å². The SMILES string of the molecule is NC(=NO)C1(NC(=O)C2CCCCCC2)CCCCC1. The molecule has 0 aromatic carbocycles. The Bertz CT molecular complexity index is 354. The fourth-order valence-electron chi connectivity index (χ4n) is 3.58. The zero-order valence-corrected chi connectivity index (χ0v) is 12.2. The van der Waals surface area contributed by atoms with Crippen molar-refractivity contribution in [3.05, 3.63) is 0 Å².